The molecular weight excluding hydrogens is 414 g/mol. The molecule has 25 heavy (non-hydrogen) atoms. The molecular formula is C17H23BrClNO5. The smallest absolute Gasteiger partial charge is 0.414 e. The molecule has 140 valence electrons. The van der Waals surface area contributed by atoms with Crippen LogP contribution in [0.15, 0.2) is 22.7 Å². The predicted molar refractivity (Wildman–Crippen MR) is 99.4 cm³/mol. The van der Waals surface area contributed by atoms with Gasteiger partial charge in [0.1, 0.15) is 5.75 Å². The van der Waals surface area contributed by atoms with E-state index in [0.29, 0.717) is 5.02 Å². The zero-order valence-corrected chi connectivity index (χ0v) is 16.3. The number of nitrogens with zero attached hydrogens (tertiary/aromatic N) is 1. The lowest BCUT2D eigenvalue weighted by molar-refractivity contribution is -0.159. The van der Waals surface area contributed by atoms with E-state index in [1.165, 1.54) is 45.3 Å². The van der Waals surface area contributed by atoms with Crippen molar-refractivity contribution in [3.63, 3.8) is 0 Å². The summed E-state index contributed by atoms with van der Waals surface area (Å²) in [6.45, 7) is 4.51. The number of rotatable bonds is 6. The third kappa shape index (κ3) is 9.67. The number of carboxylic acid groups (broad SMARTS) is 2. The van der Waals surface area contributed by atoms with Crippen molar-refractivity contribution in [1.29, 1.82) is 0 Å². The van der Waals surface area contributed by atoms with Gasteiger partial charge in [0.25, 0.3) is 0 Å². The first-order valence-electron chi connectivity index (χ1n) is 8.16. The molecule has 0 radical (unpaired) electrons. The molecule has 0 aromatic heterocycles. The van der Waals surface area contributed by atoms with E-state index >= 15 is 0 Å². The molecule has 6 nitrogen and oxygen atoms in total. The van der Waals surface area contributed by atoms with Crippen LogP contribution in [-0.4, -0.2) is 53.3 Å². The lowest BCUT2D eigenvalue weighted by Crippen LogP contribution is -2.30. The SMILES string of the molecule is Clc1cc(Br)ccc1OCCCCN1CCCCC1.O=C(O)C(=O)O. The summed E-state index contributed by atoms with van der Waals surface area (Å²) in [5.74, 6) is -2.87. The van der Waals surface area contributed by atoms with Gasteiger partial charge in [-0.05, 0) is 63.5 Å². The molecule has 0 saturated carbocycles. The fourth-order valence-corrected chi connectivity index (χ4v) is 3.12. The van der Waals surface area contributed by atoms with E-state index < -0.39 is 11.9 Å². The summed E-state index contributed by atoms with van der Waals surface area (Å²) in [5, 5.41) is 15.5. The molecule has 1 aliphatic rings. The van der Waals surface area contributed by atoms with Gasteiger partial charge in [0.15, 0.2) is 0 Å². The minimum absolute atomic E-state index is 0.672. The first-order valence-corrected chi connectivity index (χ1v) is 9.33. The zero-order valence-electron chi connectivity index (χ0n) is 13.9. The van der Waals surface area contributed by atoms with Gasteiger partial charge >= 0.3 is 11.9 Å². The van der Waals surface area contributed by atoms with E-state index in [4.69, 9.17) is 36.1 Å². The van der Waals surface area contributed by atoms with Crippen molar-refractivity contribution >= 4 is 39.5 Å². The summed E-state index contributed by atoms with van der Waals surface area (Å²) in [4.78, 5) is 20.8. The highest BCUT2D eigenvalue weighted by Crippen LogP contribution is 2.27. The second-order valence-corrected chi connectivity index (χ2v) is 6.97. The molecule has 0 unspecified atom stereocenters. The van der Waals surface area contributed by atoms with Crippen molar-refractivity contribution in [2.45, 2.75) is 32.1 Å². The Morgan fingerprint density at radius 3 is 2.32 bits per heavy atom. The summed E-state index contributed by atoms with van der Waals surface area (Å²) in [6, 6.07) is 5.73. The van der Waals surface area contributed by atoms with Crippen LogP contribution in [0.3, 0.4) is 0 Å². The molecule has 1 aliphatic heterocycles. The van der Waals surface area contributed by atoms with Gasteiger partial charge in [-0.2, -0.15) is 0 Å². The van der Waals surface area contributed by atoms with Crippen LogP contribution in [0.5, 0.6) is 5.75 Å². The van der Waals surface area contributed by atoms with E-state index in [0.717, 1.165) is 23.2 Å². The van der Waals surface area contributed by atoms with Crippen LogP contribution in [0, 0.1) is 0 Å². The molecule has 1 aromatic carbocycles. The number of likely N-dealkylation sites (tertiary alicyclic amines) is 1. The van der Waals surface area contributed by atoms with Crippen molar-refractivity contribution in [2.75, 3.05) is 26.2 Å². The molecule has 2 N–H and O–H groups in total. The summed E-state index contributed by atoms with van der Waals surface area (Å²) in [6.07, 6.45) is 6.43. The molecule has 0 amide bonds. The highest BCUT2D eigenvalue weighted by molar-refractivity contribution is 9.10. The fraction of sp³-hybridized carbons (Fsp3) is 0.529. The number of hydrogen-bond donors (Lipinski definition) is 2. The van der Waals surface area contributed by atoms with Gasteiger partial charge in [0.05, 0.1) is 11.6 Å². The number of carboxylic acids is 2. The number of ether oxygens (including phenoxy) is 1. The lowest BCUT2D eigenvalue weighted by atomic mass is 10.1. The third-order valence-electron chi connectivity index (χ3n) is 3.65. The van der Waals surface area contributed by atoms with Crippen LogP contribution >= 0.6 is 27.5 Å². The Hall–Kier alpha value is -1.31. The molecule has 1 saturated heterocycles. The van der Waals surface area contributed by atoms with Crippen LogP contribution < -0.4 is 4.74 Å². The molecule has 0 bridgehead atoms. The largest absolute Gasteiger partial charge is 0.492 e. The predicted octanol–water partition coefficient (Wildman–Crippen LogP) is 3.90. The lowest BCUT2D eigenvalue weighted by Gasteiger charge is -2.26. The monoisotopic (exact) mass is 435 g/mol. The first kappa shape index (κ1) is 21.7. The number of benzene rings is 1. The summed E-state index contributed by atoms with van der Waals surface area (Å²) in [7, 11) is 0. The van der Waals surface area contributed by atoms with Crippen molar-refractivity contribution in [1.82, 2.24) is 4.90 Å². The van der Waals surface area contributed by atoms with E-state index in [2.05, 4.69) is 20.8 Å². The number of hydrogen-bond acceptors (Lipinski definition) is 4. The van der Waals surface area contributed by atoms with Gasteiger partial charge in [-0.15, -0.1) is 0 Å². The fourth-order valence-electron chi connectivity index (χ4n) is 2.39. The summed E-state index contributed by atoms with van der Waals surface area (Å²) >= 11 is 9.49. The van der Waals surface area contributed by atoms with Gasteiger partial charge in [-0.3, -0.25) is 0 Å². The van der Waals surface area contributed by atoms with Crippen LogP contribution in [-0.2, 0) is 9.59 Å². The average Bonchev–Trinajstić information content (AvgIpc) is 2.58. The minimum atomic E-state index is -1.82. The Morgan fingerprint density at radius 2 is 1.76 bits per heavy atom. The molecule has 1 heterocycles. The van der Waals surface area contributed by atoms with Gasteiger partial charge in [-0.25, -0.2) is 9.59 Å². The van der Waals surface area contributed by atoms with E-state index in [1.54, 1.807) is 0 Å². The second-order valence-electron chi connectivity index (χ2n) is 5.64. The maximum atomic E-state index is 9.10. The second kappa shape index (κ2) is 12.1. The molecule has 0 aliphatic carbocycles. The molecule has 2 rings (SSSR count). The number of halogens is 2. The number of aliphatic carboxylic acids is 2. The van der Waals surface area contributed by atoms with Gasteiger partial charge in [0.2, 0.25) is 0 Å². The number of carbonyl (C=O) groups is 2. The molecule has 1 aromatic rings. The minimum Gasteiger partial charge on any atom is -0.492 e. The highest BCUT2D eigenvalue weighted by Gasteiger charge is 2.09. The quantitative estimate of drug-likeness (QED) is 0.519. The van der Waals surface area contributed by atoms with Gasteiger partial charge in [0, 0.05) is 4.47 Å². The van der Waals surface area contributed by atoms with Crippen LogP contribution in [0.2, 0.25) is 5.02 Å². The molecule has 8 heteroatoms. The summed E-state index contributed by atoms with van der Waals surface area (Å²) in [5.41, 5.74) is 0. The van der Waals surface area contributed by atoms with Crippen molar-refractivity contribution in [3.8, 4) is 5.75 Å². The Morgan fingerprint density at radius 1 is 1.12 bits per heavy atom. The maximum Gasteiger partial charge on any atom is 0.414 e. The van der Waals surface area contributed by atoms with E-state index in [9.17, 15) is 0 Å². The van der Waals surface area contributed by atoms with Crippen molar-refractivity contribution in [3.05, 3.63) is 27.7 Å². The molecule has 1 fully saturated rings. The Bertz CT molecular complexity index is 552. The van der Waals surface area contributed by atoms with Crippen LogP contribution in [0.4, 0.5) is 0 Å². The van der Waals surface area contributed by atoms with Gasteiger partial charge in [-0.1, -0.05) is 34.0 Å². The van der Waals surface area contributed by atoms with E-state index in [1.807, 2.05) is 18.2 Å². The number of piperidine rings is 1. The Labute approximate surface area is 160 Å². The van der Waals surface area contributed by atoms with Crippen LogP contribution in [0.1, 0.15) is 32.1 Å². The summed E-state index contributed by atoms with van der Waals surface area (Å²) < 4.78 is 6.69. The molecule has 0 spiro atoms. The zero-order chi connectivity index (χ0) is 18.7. The van der Waals surface area contributed by atoms with E-state index in [-0.39, 0.29) is 0 Å². The van der Waals surface area contributed by atoms with Crippen LogP contribution in [0.25, 0.3) is 0 Å². The highest BCUT2D eigenvalue weighted by atomic mass is 79.9. The average molecular weight is 437 g/mol. The standard InChI is InChI=1S/C15H21BrClNO.C2H2O4/c16-13-6-7-15(14(17)12-13)19-11-5-4-10-18-8-2-1-3-9-18;3-1(4)2(5)6/h6-7,12H,1-5,8-11H2;(H,3,4)(H,5,6). The topological polar surface area (TPSA) is 87.1 Å². The third-order valence-corrected chi connectivity index (χ3v) is 4.44. The Kier molecular flexibility index (Phi) is 10.5. The normalized spacial score (nSPS) is 14.3. The van der Waals surface area contributed by atoms with Crippen molar-refractivity contribution < 1.29 is 24.5 Å². The Balaban J connectivity index is 0.000000450. The first-order chi connectivity index (χ1) is 11.9. The molecule has 0 atom stereocenters. The van der Waals surface area contributed by atoms with Gasteiger partial charge < -0.3 is 19.8 Å². The number of unbranched alkanes of at least 4 members (excludes halogenated alkanes) is 1. The maximum absolute atomic E-state index is 9.10. The van der Waals surface area contributed by atoms with Crippen molar-refractivity contribution in [2.24, 2.45) is 0 Å².